The second-order valence-corrected chi connectivity index (χ2v) is 10.0. The van der Waals surface area contributed by atoms with Gasteiger partial charge in [0.2, 0.25) is 10.0 Å². The Labute approximate surface area is 155 Å². The van der Waals surface area contributed by atoms with Crippen molar-refractivity contribution in [1.29, 1.82) is 0 Å². The summed E-state index contributed by atoms with van der Waals surface area (Å²) in [5.41, 5.74) is -1.65. The zero-order chi connectivity index (χ0) is 18.5. The molecule has 1 unspecified atom stereocenters. The minimum atomic E-state index is -3.84. The Balaban J connectivity index is 1.71. The first-order valence-electron chi connectivity index (χ1n) is 7.34. The molecule has 2 N–H and O–H groups in total. The smallest absolute Gasteiger partial charge is 0.304 e. The lowest BCUT2D eigenvalue weighted by Crippen LogP contribution is -2.28. The molecule has 1 saturated carbocycles. The maximum Gasteiger partial charge on any atom is 0.304 e. The third kappa shape index (κ3) is 3.57. The fourth-order valence-corrected chi connectivity index (χ4v) is 5.95. The van der Waals surface area contributed by atoms with Crippen LogP contribution in [0.25, 0.3) is 10.1 Å². The summed E-state index contributed by atoms with van der Waals surface area (Å²) in [5, 5.41) is 9.54. The van der Waals surface area contributed by atoms with Gasteiger partial charge >= 0.3 is 5.97 Å². The summed E-state index contributed by atoms with van der Waals surface area (Å²) in [7, 11) is -3.84. The fourth-order valence-electron chi connectivity index (χ4n) is 2.85. The minimum Gasteiger partial charge on any atom is -0.481 e. The van der Waals surface area contributed by atoms with Gasteiger partial charge in [-0.15, -0.1) is 11.3 Å². The van der Waals surface area contributed by atoms with Crippen LogP contribution in [0.5, 0.6) is 0 Å². The molecule has 1 aliphatic carbocycles. The molecule has 3 rings (SSSR count). The van der Waals surface area contributed by atoms with E-state index in [0.29, 0.717) is 0 Å². The maximum atomic E-state index is 13.5. The number of carboxylic acids is 1. The summed E-state index contributed by atoms with van der Waals surface area (Å²) in [5.74, 6) is -4.37. The average molecular weight is 454 g/mol. The molecule has 5 nitrogen and oxygen atoms in total. The van der Waals surface area contributed by atoms with Crippen LogP contribution in [0.2, 0.25) is 0 Å². The highest BCUT2D eigenvalue weighted by atomic mass is 79.9. The number of fused-ring (bicyclic) bond motifs is 1. The van der Waals surface area contributed by atoms with Crippen LogP contribution in [-0.4, -0.2) is 32.0 Å². The molecule has 0 bridgehead atoms. The molecule has 1 fully saturated rings. The number of nitrogens with one attached hydrogen (secondary N) is 1. The number of hydrogen-bond acceptors (Lipinski definition) is 4. The highest BCUT2D eigenvalue weighted by Gasteiger charge is 2.70. The van der Waals surface area contributed by atoms with Crippen molar-refractivity contribution in [2.24, 2.45) is 5.41 Å². The maximum absolute atomic E-state index is 13.5. The van der Waals surface area contributed by atoms with E-state index in [1.807, 2.05) is 0 Å². The van der Waals surface area contributed by atoms with Crippen molar-refractivity contribution < 1.29 is 27.1 Å². The monoisotopic (exact) mass is 453 g/mol. The number of aliphatic carboxylic acids is 1. The Morgan fingerprint density at radius 1 is 1.40 bits per heavy atom. The van der Waals surface area contributed by atoms with Crippen LogP contribution in [0, 0.1) is 5.41 Å². The summed E-state index contributed by atoms with van der Waals surface area (Å²) in [6.45, 7) is -0.235. The van der Waals surface area contributed by atoms with Gasteiger partial charge in [-0.25, -0.2) is 21.9 Å². The van der Waals surface area contributed by atoms with Crippen molar-refractivity contribution in [3.05, 3.63) is 28.7 Å². The number of carbonyl (C=O) groups is 1. The van der Waals surface area contributed by atoms with Gasteiger partial charge in [0.05, 0.1) is 11.8 Å². The molecule has 0 saturated heterocycles. The van der Waals surface area contributed by atoms with Gasteiger partial charge in [0, 0.05) is 27.5 Å². The highest BCUT2D eigenvalue weighted by molar-refractivity contribution is 9.10. The molecule has 1 atom stereocenters. The van der Waals surface area contributed by atoms with E-state index >= 15 is 0 Å². The van der Waals surface area contributed by atoms with Gasteiger partial charge in [0.15, 0.2) is 0 Å². The number of sulfonamides is 1. The molecular weight excluding hydrogens is 440 g/mol. The second-order valence-electron chi connectivity index (χ2n) is 6.10. The topological polar surface area (TPSA) is 83.5 Å². The Kier molecular flexibility index (Phi) is 4.68. The van der Waals surface area contributed by atoms with E-state index in [4.69, 9.17) is 5.11 Å². The van der Waals surface area contributed by atoms with Crippen molar-refractivity contribution in [1.82, 2.24) is 4.72 Å². The Morgan fingerprint density at radius 3 is 2.64 bits per heavy atom. The number of benzene rings is 1. The first-order chi connectivity index (χ1) is 11.6. The molecule has 136 valence electrons. The number of halogens is 3. The number of alkyl halides is 2. The predicted molar refractivity (Wildman–Crippen MR) is 93.6 cm³/mol. The van der Waals surface area contributed by atoms with Gasteiger partial charge in [0.1, 0.15) is 4.21 Å². The zero-order valence-corrected chi connectivity index (χ0v) is 16.0. The number of rotatable bonds is 7. The normalized spacial score (nSPS) is 22.2. The number of thiophene rings is 1. The van der Waals surface area contributed by atoms with Gasteiger partial charge in [-0.2, -0.15) is 0 Å². The van der Waals surface area contributed by atoms with E-state index in [1.165, 1.54) is 6.07 Å². The van der Waals surface area contributed by atoms with Crippen LogP contribution in [0.15, 0.2) is 32.9 Å². The lowest BCUT2D eigenvalue weighted by atomic mass is 9.97. The fraction of sp³-hybridized carbons (Fsp3) is 0.400. The molecule has 1 heterocycles. The quantitative estimate of drug-likeness (QED) is 0.666. The molecule has 2 aromatic rings. The summed E-state index contributed by atoms with van der Waals surface area (Å²) < 4.78 is 55.7. The van der Waals surface area contributed by atoms with Gasteiger partial charge in [0.25, 0.3) is 5.92 Å². The zero-order valence-electron chi connectivity index (χ0n) is 12.8. The number of carboxylic acid groups (broad SMARTS) is 1. The lowest BCUT2D eigenvalue weighted by molar-refractivity contribution is -0.139. The molecule has 0 aliphatic heterocycles. The molecular formula is C15H14BrF2NO4S2. The van der Waals surface area contributed by atoms with E-state index in [-0.39, 0.29) is 17.2 Å². The Hall–Kier alpha value is -1.10. The van der Waals surface area contributed by atoms with Crippen LogP contribution in [-0.2, 0) is 14.8 Å². The summed E-state index contributed by atoms with van der Waals surface area (Å²) in [6.07, 6.45) is -1.42. The summed E-state index contributed by atoms with van der Waals surface area (Å²) in [4.78, 5) is 10.8. The van der Waals surface area contributed by atoms with E-state index < -0.39 is 40.2 Å². The second kappa shape index (κ2) is 6.26. The molecule has 10 heteroatoms. The molecule has 25 heavy (non-hydrogen) atoms. The third-order valence-electron chi connectivity index (χ3n) is 4.35. The molecule has 0 radical (unpaired) electrons. The van der Waals surface area contributed by atoms with Crippen molar-refractivity contribution in [2.45, 2.75) is 29.4 Å². The third-order valence-corrected chi connectivity index (χ3v) is 8.07. The van der Waals surface area contributed by atoms with E-state index in [0.717, 1.165) is 25.9 Å². The molecule has 0 amide bonds. The van der Waals surface area contributed by atoms with Gasteiger partial charge in [-0.05, 0) is 24.6 Å². The molecule has 1 aliphatic rings. The van der Waals surface area contributed by atoms with E-state index in [2.05, 4.69) is 20.7 Å². The lowest BCUT2D eigenvalue weighted by Gasteiger charge is -2.14. The van der Waals surface area contributed by atoms with Crippen LogP contribution in [0.3, 0.4) is 0 Å². The van der Waals surface area contributed by atoms with Crippen LogP contribution in [0.4, 0.5) is 8.78 Å². The summed E-state index contributed by atoms with van der Waals surface area (Å²) >= 11 is 4.43. The van der Waals surface area contributed by atoms with Crippen molar-refractivity contribution >= 4 is 53.3 Å². The van der Waals surface area contributed by atoms with Crippen LogP contribution in [0.1, 0.15) is 19.3 Å². The first kappa shape index (κ1) is 18.7. The molecule has 0 spiro atoms. The SMILES string of the molecule is O=C(O)CC1(CCNS(=O)(=O)c2cc3c(Br)cccc3s2)CC1(F)F. The molecule has 1 aromatic heterocycles. The Bertz CT molecular complexity index is 944. The van der Waals surface area contributed by atoms with Crippen molar-refractivity contribution in [3.8, 4) is 0 Å². The van der Waals surface area contributed by atoms with Gasteiger partial charge in [-0.3, -0.25) is 4.79 Å². The summed E-state index contributed by atoms with van der Waals surface area (Å²) in [6, 6.07) is 6.89. The minimum absolute atomic E-state index is 0.0873. The van der Waals surface area contributed by atoms with Crippen LogP contribution < -0.4 is 4.72 Å². The van der Waals surface area contributed by atoms with E-state index in [1.54, 1.807) is 18.2 Å². The Morgan fingerprint density at radius 2 is 2.08 bits per heavy atom. The van der Waals surface area contributed by atoms with Crippen molar-refractivity contribution in [3.63, 3.8) is 0 Å². The first-order valence-corrected chi connectivity index (χ1v) is 10.4. The largest absolute Gasteiger partial charge is 0.481 e. The van der Waals surface area contributed by atoms with Crippen LogP contribution >= 0.6 is 27.3 Å². The van der Waals surface area contributed by atoms with E-state index in [9.17, 15) is 22.0 Å². The van der Waals surface area contributed by atoms with Gasteiger partial charge < -0.3 is 5.11 Å². The molecule has 1 aromatic carbocycles. The standard InChI is InChI=1S/C15H14BrF2NO4S2/c16-10-2-1-3-11-9(10)6-13(24-11)25(22,23)19-5-4-14(7-12(20)21)8-15(14,17)18/h1-3,6,19H,4-5,7-8H2,(H,20,21). The average Bonchev–Trinajstić information content (AvgIpc) is 2.84. The van der Waals surface area contributed by atoms with Crippen molar-refractivity contribution in [2.75, 3.05) is 6.54 Å². The predicted octanol–water partition coefficient (Wildman–Crippen LogP) is 3.83. The highest BCUT2D eigenvalue weighted by Crippen LogP contribution is 2.64. The number of hydrogen-bond donors (Lipinski definition) is 2. The van der Waals surface area contributed by atoms with Gasteiger partial charge in [-0.1, -0.05) is 22.0 Å².